The summed E-state index contributed by atoms with van der Waals surface area (Å²) in [6, 6.07) is 12.9. The summed E-state index contributed by atoms with van der Waals surface area (Å²) in [6.07, 6.45) is 0.696. The summed E-state index contributed by atoms with van der Waals surface area (Å²) >= 11 is 0. The van der Waals surface area contributed by atoms with Crippen LogP contribution in [0.25, 0.3) is 5.76 Å². The molecule has 7 heteroatoms. The smallest absolute Gasteiger partial charge is 0.300 e. The first-order chi connectivity index (χ1) is 15.3. The molecule has 1 amide bonds. The third-order valence-electron chi connectivity index (χ3n) is 5.73. The minimum atomic E-state index is -1.03. The lowest BCUT2D eigenvalue weighted by Crippen LogP contribution is -2.29. The number of rotatable bonds is 3. The van der Waals surface area contributed by atoms with Crippen LogP contribution in [-0.4, -0.2) is 22.9 Å². The van der Waals surface area contributed by atoms with Gasteiger partial charge in [0.25, 0.3) is 11.7 Å². The van der Waals surface area contributed by atoms with Gasteiger partial charge in [-0.15, -0.1) is 0 Å². The molecule has 2 unspecified atom stereocenters. The number of carbonyl (C=O) groups excluding carboxylic acids is 2. The van der Waals surface area contributed by atoms with E-state index < -0.39 is 23.5 Å². The van der Waals surface area contributed by atoms with Gasteiger partial charge >= 0.3 is 0 Å². The number of anilines is 1. The number of furan rings is 1. The van der Waals surface area contributed by atoms with E-state index in [4.69, 9.17) is 9.15 Å². The van der Waals surface area contributed by atoms with Crippen LogP contribution in [0.5, 0.6) is 5.75 Å². The fourth-order valence-corrected chi connectivity index (χ4v) is 4.32. The fourth-order valence-electron chi connectivity index (χ4n) is 4.32. The van der Waals surface area contributed by atoms with E-state index in [0.717, 1.165) is 16.2 Å². The highest BCUT2D eigenvalue weighted by Crippen LogP contribution is 2.43. The van der Waals surface area contributed by atoms with Crippen LogP contribution in [-0.2, 0) is 16.0 Å². The van der Waals surface area contributed by atoms with Gasteiger partial charge in [-0.2, -0.15) is 0 Å². The average molecular weight is 433 g/mol. The first-order valence-corrected chi connectivity index (χ1v) is 10.3. The van der Waals surface area contributed by atoms with Crippen LogP contribution in [0.3, 0.4) is 0 Å². The second kappa shape index (κ2) is 7.37. The van der Waals surface area contributed by atoms with Gasteiger partial charge in [0, 0.05) is 17.7 Å². The maximum Gasteiger partial charge on any atom is 0.300 e. The number of aryl methyl sites for hydroxylation is 1. The summed E-state index contributed by atoms with van der Waals surface area (Å²) in [5, 5.41) is 11.2. The number of hydrogen-bond acceptors (Lipinski definition) is 5. The number of ketones is 1. The number of aliphatic hydroxyl groups is 1. The fraction of sp³-hybridized carbons (Fsp3) is 0.200. The third-order valence-corrected chi connectivity index (χ3v) is 5.73. The quantitative estimate of drug-likeness (QED) is 0.369. The summed E-state index contributed by atoms with van der Waals surface area (Å²) in [4.78, 5) is 27.3. The molecule has 3 aromatic rings. The second-order valence-electron chi connectivity index (χ2n) is 8.05. The van der Waals surface area contributed by atoms with Crippen LogP contribution < -0.4 is 9.64 Å². The number of halogens is 1. The number of fused-ring (bicyclic) bond motifs is 1. The molecule has 2 aliphatic heterocycles. The molecule has 5 rings (SSSR count). The van der Waals surface area contributed by atoms with Gasteiger partial charge in [-0.25, -0.2) is 4.39 Å². The topological polar surface area (TPSA) is 80.0 Å². The number of benzene rings is 2. The van der Waals surface area contributed by atoms with Crippen LogP contribution in [0.4, 0.5) is 10.1 Å². The standard InChI is InChI=1S/C25H20FNO5/c1-13-6-8-20(31-13)22-21(23(28)15-7-9-19-16(11-15)10-14(2)32-19)24(29)25(30)27(22)18-5-3-4-17(26)12-18/h3-9,11-12,14,22,28H,10H2,1-2H3/b23-21-. The molecule has 1 saturated heterocycles. The third kappa shape index (κ3) is 3.17. The Morgan fingerprint density at radius 2 is 1.94 bits per heavy atom. The van der Waals surface area contributed by atoms with Crippen LogP contribution in [0.1, 0.15) is 35.6 Å². The van der Waals surface area contributed by atoms with Crippen molar-refractivity contribution in [1.82, 2.24) is 0 Å². The molecule has 6 nitrogen and oxygen atoms in total. The summed E-state index contributed by atoms with van der Waals surface area (Å²) < 4.78 is 25.4. The Balaban J connectivity index is 1.69. The molecule has 162 valence electrons. The van der Waals surface area contributed by atoms with Gasteiger partial charge in [0.05, 0.1) is 5.57 Å². The maximum absolute atomic E-state index is 13.9. The Labute approximate surface area is 183 Å². The highest BCUT2D eigenvalue weighted by Gasteiger charge is 2.48. The number of aliphatic hydroxyl groups excluding tert-OH is 1. The van der Waals surface area contributed by atoms with E-state index in [9.17, 15) is 19.1 Å². The molecule has 0 radical (unpaired) electrons. The van der Waals surface area contributed by atoms with Gasteiger partial charge in [0.1, 0.15) is 41.0 Å². The van der Waals surface area contributed by atoms with Crippen molar-refractivity contribution in [3.8, 4) is 5.75 Å². The van der Waals surface area contributed by atoms with Crippen molar-refractivity contribution in [2.24, 2.45) is 0 Å². The number of amides is 1. The van der Waals surface area contributed by atoms with Crippen molar-refractivity contribution in [3.63, 3.8) is 0 Å². The van der Waals surface area contributed by atoms with Crippen LogP contribution >= 0.6 is 0 Å². The molecule has 0 spiro atoms. The lowest BCUT2D eigenvalue weighted by molar-refractivity contribution is -0.132. The molecule has 0 bridgehead atoms. The molecule has 3 heterocycles. The lowest BCUT2D eigenvalue weighted by atomic mass is 9.97. The van der Waals surface area contributed by atoms with Gasteiger partial charge in [-0.1, -0.05) is 6.07 Å². The molecule has 0 aliphatic carbocycles. The van der Waals surface area contributed by atoms with E-state index in [0.29, 0.717) is 23.5 Å². The Bertz CT molecular complexity index is 1290. The Morgan fingerprint density at radius 3 is 2.66 bits per heavy atom. The van der Waals surface area contributed by atoms with Crippen molar-refractivity contribution in [2.45, 2.75) is 32.4 Å². The highest BCUT2D eigenvalue weighted by molar-refractivity contribution is 6.51. The minimum absolute atomic E-state index is 0.0204. The molecular formula is C25H20FNO5. The lowest BCUT2D eigenvalue weighted by Gasteiger charge is -2.23. The molecule has 1 aromatic heterocycles. The van der Waals surface area contributed by atoms with E-state index in [1.165, 1.54) is 24.3 Å². The van der Waals surface area contributed by atoms with Gasteiger partial charge in [0.2, 0.25) is 0 Å². The number of hydrogen-bond donors (Lipinski definition) is 1. The second-order valence-corrected chi connectivity index (χ2v) is 8.05. The molecular weight excluding hydrogens is 413 g/mol. The Kier molecular flexibility index (Phi) is 4.62. The zero-order valence-corrected chi connectivity index (χ0v) is 17.5. The normalized spacial score (nSPS) is 21.7. The van der Waals surface area contributed by atoms with E-state index in [2.05, 4.69) is 0 Å². The number of nitrogens with zero attached hydrogens (tertiary/aromatic N) is 1. The monoisotopic (exact) mass is 433 g/mol. The molecule has 2 aliphatic rings. The zero-order valence-electron chi connectivity index (χ0n) is 17.5. The highest BCUT2D eigenvalue weighted by atomic mass is 19.1. The van der Waals surface area contributed by atoms with Crippen molar-refractivity contribution in [3.05, 3.63) is 88.6 Å². The van der Waals surface area contributed by atoms with Gasteiger partial charge in [-0.05, 0) is 67.9 Å². The molecule has 0 saturated carbocycles. The SMILES string of the molecule is Cc1ccc(C2/C(=C(/O)c3ccc4c(c3)CC(C)O4)C(=O)C(=O)N2c2cccc(F)c2)o1. The van der Waals surface area contributed by atoms with Crippen LogP contribution in [0.2, 0.25) is 0 Å². The summed E-state index contributed by atoms with van der Waals surface area (Å²) in [7, 11) is 0. The van der Waals surface area contributed by atoms with Crippen molar-refractivity contribution >= 4 is 23.1 Å². The van der Waals surface area contributed by atoms with Crippen molar-refractivity contribution in [1.29, 1.82) is 0 Å². The first-order valence-electron chi connectivity index (χ1n) is 10.3. The van der Waals surface area contributed by atoms with Crippen molar-refractivity contribution in [2.75, 3.05) is 4.90 Å². The minimum Gasteiger partial charge on any atom is -0.507 e. The molecule has 32 heavy (non-hydrogen) atoms. The van der Waals surface area contributed by atoms with Gasteiger partial charge < -0.3 is 14.3 Å². The van der Waals surface area contributed by atoms with Crippen LogP contribution in [0.15, 0.2) is 64.6 Å². The number of carbonyl (C=O) groups is 2. The Morgan fingerprint density at radius 1 is 1.12 bits per heavy atom. The molecule has 1 N–H and O–H groups in total. The maximum atomic E-state index is 13.9. The van der Waals surface area contributed by atoms with Gasteiger partial charge in [0.15, 0.2) is 0 Å². The van der Waals surface area contributed by atoms with Gasteiger partial charge in [-0.3, -0.25) is 14.5 Å². The summed E-state index contributed by atoms with van der Waals surface area (Å²) in [5.74, 6) is -0.993. The predicted octanol–water partition coefficient (Wildman–Crippen LogP) is 4.68. The van der Waals surface area contributed by atoms with Crippen LogP contribution in [0, 0.1) is 12.7 Å². The van der Waals surface area contributed by atoms with E-state index >= 15 is 0 Å². The van der Waals surface area contributed by atoms with E-state index in [1.54, 1.807) is 37.3 Å². The summed E-state index contributed by atoms with van der Waals surface area (Å²) in [5.41, 5.74) is 1.39. The summed E-state index contributed by atoms with van der Waals surface area (Å²) in [6.45, 7) is 3.68. The number of Topliss-reactive ketones (excluding diaryl/α,β-unsaturated/α-hetero) is 1. The number of ether oxygens (including phenoxy) is 1. The molecule has 2 aromatic carbocycles. The van der Waals surface area contributed by atoms with E-state index in [-0.39, 0.29) is 23.1 Å². The average Bonchev–Trinajstić information content (AvgIpc) is 3.42. The predicted molar refractivity (Wildman–Crippen MR) is 115 cm³/mol. The Hall–Kier alpha value is -3.87. The first kappa shape index (κ1) is 20.1. The van der Waals surface area contributed by atoms with E-state index in [1.807, 2.05) is 6.92 Å². The molecule has 1 fully saturated rings. The van der Waals surface area contributed by atoms with Crippen molar-refractivity contribution < 1.29 is 28.2 Å². The largest absolute Gasteiger partial charge is 0.507 e. The zero-order chi connectivity index (χ0) is 22.6. The molecule has 2 atom stereocenters.